The Morgan fingerprint density at radius 3 is 2.62 bits per heavy atom. The van der Waals surface area contributed by atoms with E-state index in [-0.39, 0.29) is 11.9 Å². The van der Waals surface area contributed by atoms with Crippen LogP contribution in [0.5, 0.6) is 5.75 Å². The lowest BCUT2D eigenvalue weighted by molar-refractivity contribution is 0.0940. The van der Waals surface area contributed by atoms with Crippen molar-refractivity contribution in [1.29, 1.82) is 0 Å². The smallest absolute Gasteiger partial charge is 0.253 e. The Labute approximate surface area is 124 Å². The van der Waals surface area contributed by atoms with Crippen LogP contribution in [0.2, 0.25) is 0 Å². The molecule has 0 saturated carbocycles. The number of para-hydroxylation sites is 2. The maximum absolute atomic E-state index is 12.4. The van der Waals surface area contributed by atoms with Crippen molar-refractivity contribution in [3.63, 3.8) is 0 Å². The first-order valence-electron chi connectivity index (χ1n) is 6.83. The van der Waals surface area contributed by atoms with E-state index in [9.17, 15) is 4.79 Å². The summed E-state index contributed by atoms with van der Waals surface area (Å²) in [7, 11) is 1.62. The zero-order chi connectivity index (χ0) is 15.4. The predicted molar refractivity (Wildman–Crippen MR) is 84.5 cm³/mol. The van der Waals surface area contributed by atoms with Gasteiger partial charge in [0, 0.05) is 11.3 Å². The van der Waals surface area contributed by atoms with Gasteiger partial charge in [0.1, 0.15) is 5.75 Å². The van der Waals surface area contributed by atoms with E-state index in [1.54, 1.807) is 13.2 Å². The molecule has 0 heterocycles. The lowest BCUT2D eigenvalue weighted by atomic mass is 10.0. The van der Waals surface area contributed by atoms with Crippen LogP contribution in [0, 0.1) is 6.92 Å². The number of carbonyl (C=O) groups excluding carboxylic acids is 1. The number of amides is 1. The maximum atomic E-state index is 12.4. The predicted octanol–water partition coefficient (Wildman–Crippen LogP) is 3.08. The molecule has 4 heteroatoms. The molecule has 0 fully saturated rings. The summed E-state index contributed by atoms with van der Waals surface area (Å²) in [6.07, 6.45) is 0. The second-order valence-electron chi connectivity index (χ2n) is 4.97. The summed E-state index contributed by atoms with van der Waals surface area (Å²) in [5.41, 5.74) is 8.81. The third kappa shape index (κ3) is 3.16. The van der Waals surface area contributed by atoms with Crippen molar-refractivity contribution >= 4 is 11.6 Å². The van der Waals surface area contributed by atoms with Crippen LogP contribution in [0.25, 0.3) is 0 Å². The SMILES string of the molecule is COc1ccccc1C(C)NC(=O)c1cccc(C)c1N. The van der Waals surface area contributed by atoms with Crippen LogP contribution in [0.1, 0.15) is 34.5 Å². The quantitative estimate of drug-likeness (QED) is 0.848. The van der Waals surface area contributed by atoms with Gasteiger partial charge in [0.15, 0.2) is 0 Å². The number of carbonyl (C=O) groups is 1. The molecule has 2 aromatic carbocycles. The van der Waals surface area contributed by atoms with Crippen LogP contribution in [0.15, 0.2) is 42.5 Å². The highest BCUT2D eigenvalue weighted by molar-refractivity contribution is 5.99. The van der Waals surface area contributed by atoms with Gasteiger partial charge >= 0.3 is 0 Å². The number of nitrogen functional groups attached to an aromatic ring is 1. The summed E-state index contributed by atoms with van der Waals surface area (Å²) in [4.78, 5) is 12.4. The summed E-state index contributed by atoms with van der Waals surface area (Å²) in [6, 6.07) is 12.9. The minimum absolute atomic E-state index is 0.173. The van der Waals surface area contributed by atoms with Gasteiger partial charge in [-0.05, 0) is 31.5 Å². The number of ether oxygens (including phenoxy) is 1. The fourth-order valence-corrected chi connectivity index (χ4v) is 2.25. The number of benzene rings is 2. The first-order valence-corrected chi connectivity index (χ1v) is 6.83. The first-order chi connectivity index (χ1) is 10.0. The highest BCUT2D eigenvalue weighted by Gasteiger charge is 2.16. The molecule has 2 rings (SSSR count). The molecular formula is C17H20N2O2. The van der Waals surface area contributed by atoms with Crippen molar-refractivity contribution in [2.45, 2.75) is 19.9 Å². The van der Waals surface area contributed by atoms with Crippen LogP contribution in [0.4, 0.5) is 5.69 Å². The summed E-state index contributed by atoms with van der Waals surface area (Å²) >= 11 is 0. The molecule has 3 N–H and O–H groups in total. The molecule has 0 radical (unpaired) electrons. The first kappa shape index (κ1) is 14.9. The Bertz CT molecular complexity index is 653. The number of rotatable bonds is 4. The summed E-state index contributed by atoms with van der Waals surface area (Å²) in [6.45, 7) is 3.80. The lowest BCUT2D eigenvalue weighted by Gasteiger charge is -2.18. The van der Waals surface area contributed by atoms with E-state index in [4.69, 9.17) is 10.5 Å². The molecule has 2 aromatic rings. The molecule has 0 aliphatic heterocycles. The topological polar surface area (TPSA) is 64.3 Å². The second-order valence-corrected chi connectivity index (χ2v) is 4.97. The van der Waals surface area contributed by atoms with Crippen molar-refractivity contribution < 1.29 is 9.53 Å². The molecule has 4 nitrogen and oxygen atoms in total. The van der Waals surface area contributed by atoms with E-state index in [2.05, 4.69) is 5.32 Å². The number of anilines is 1. The minimum atomic E-state index is -0.186. The fourth-order valence-electron chi connectivity index (χ4n) is 2.25. The highest BCUT2D eigenvalue weighted by Crippen LogP contribution is 2.25. The van der Waals surface area contributed by atoms with Crippen molar-refractivity contribution in [1.82, 2.24) is 5.32 Å². The minimum Gasteiger partial charge on any atom is -0.496 e. The molecule has 0 aromatic heterocycles. The van der Waals surface area contributed by atoms with Crippen molar-refractivity contribution in [2.75, 3.05) is 12.8 Å². The van der Waals surface area contributed by atoms with E-state index in [1.165, 1.54) is 0 Å². The van der Waals surface area contributed by atoms with Gasteiger partial charge in [-0.25, -0.2) is 0 Å². The Hall–Kier alpha value is -2.49. The van der Waals surface area contributed by atoms with Crippen LogP contribution >= 0.6 is 0 Å². The number of methoxy groups -OCH3 is 1. The molecule has 1 atom stereocenters. The van der Waals surface area contributed by atoms with Gasteiger partial charge in [-0.2, -0.15) is 0 Å². The van der Waals surface area contributed by atoms with Crippen LogP contribution in [-0.4, -0.2) is 13.0 Å². The number of hydrogen-bond donors (Lipinski definition) is 2. The molecule has 0 spiro atoms. The molecule has 110 valence electrons. The van der Waals surface area contributed by atoms with Crippen molar-refractivity contribution in [2.24, 2.45) is 0 Å². The van der Waals surface area contributed by atoms with Gasteiger partial charge in [-0.3, -0.25) is 4.79 Å². The zero-order valence-electron chi connectivity index (χ0n) is 12.5. The molecule has 0 aliphatic rings. The molecule has 0 aliphatic carbocycles. The second kappa shape index (κ2) is 6.31. The van der Waals surface area contributed by atoms with Gasteiger partial charge in [0.05, 0.1) is 18.7 Å². The number of nitrogens with two attached hydrogens (primary N) is 1. The van der Waals surface area contributed by atoms with Crippen LogP contribution < -0.4 is 15.8 Å². The normalized spacial score (nSPS) is 11.8. The molecule has 1 unspecified atom stereocenters. The largest absolute Gasteiger partial charge is 0.496 e. The van der Waals surface area contributed by atoms with Crippen LogP contribution in [-0.2, 0) is 0 Å². The third-order valence-corrected chi connectivity index (χ3v) is 3.52. The average molecular weight is 284 g/mol. The Morgan fingerprint density at radius 2 is 1.90 bits per heavy atom. The number of hydrogen-bond acceptors (Lipinski definition) is 3. The molecular weight excluding hydrogens is 264 g/mol. The lowest BCUT2D eigenvalue weighted by Crippen LogP contribution is -2.27. The van der Waals surface area contributed by atoms with E-state index in [0.29, 0.717) is 11.3 Å². The molecule has 1 amide bonds. The fraction of sp³-hybridized carbons (Fsp3) is 0.235. The standard InChI is InChI=1S/C17H20N2O2/c1-11-7-6-9-14(16(11)18)17(20)19-12(2)13-8-4-5-10-15(13)21-3/h4-10,12H,18H2,1-3H3,(H,19,20). The summed E-state index contributed by atoms with van der Waals surface area (Å²) < 4.78 is 5.32. The van der Waals surface area contributed by atoms with Gasteiger partial charge in [-0.15, -0.1) is 0 Å². The van der Waals surface area contributed by atoms with E-state index in [0.717, 1.165) is 16.9 Å². The third-order valence-electron chi connectivity index (χ3n) is 3.52. The van der Waals surface area contributed by atoms with Gasteiger partial charge in [0.2, 0.25) is 0 Å². The zero-order valence-corrected chi connectivity index (χ0v) is 12.5. The summed E-state index contributed by atoms with van der Waals surface area (Å²) in [5, 5.41) is 2.96. The highest BCUT2D eigenvalue weighted by atomic mass is 16.5. The number of nitrogens with one attached hydrogen (secondary N) is 1. The van der Waals surface area contributed by atoms with Crippen molar-refractivity contribution in [3.05, 3.63) is 59.2 Å². The molecule has 0 bridgehead atoms. The van der Waals surface area contributed by atoms with Crippen LogP contribution in [0.3, 0.4) is 0 Å². The van der Waals surface area contributed by atoms with E-state index < -0.39 is 0 Å². The van der Waals surface area contributed by atoms with E-state index >= 15 is 0 Å². The average Bonchev–Trinajstić information content (AvgIpc) is 2.49. The van der Waals surface area contributed by atoms with Gasteiger partial charge in [-0.1, -0.05) is 30.3 Å². The summed E-state index contributed by atoms with van der Waals surface area (Å²) in [5.74, 6) is 0.567. The molecule has 0 saturated heterocycles. The van der Waals surface area contributed by atoms with Crippen molar-refractivity contribution in [3.8, 4) is 5.75 Å². The Kier molecular flexibility index (Phi) is 4.48. The number of aryl methyl sites for hydroxylation is 1. The Balaban J connectivity index is 2.21. The van der Waals surface area contributed by atoms with Gasteiger partial charge in [0.25, 0.3) is 5.91 Å². The Morgan fingerprint density at radius 1 is 1.19 bits per heavy atom. The monoisotopic (exact) mass is 284 g/mol. The molecule has 21 heavy (non-hydrogen) atoms. The van der Waals surface area contributed by atoms with E-state index in [1.807, 2.05) is 50.2 Å². The maximum Gasteiger partial charge on any atom is 0.253 e. The van der Waals surface area contributed by atoms with Gasteiger partial charge < -0.3 is 15.8 Å².